The van der Waals surface area contributed by atoms with E-state index in [0.717, 1.165) is 0 Å². The van der Waals surface area contributed by atoms with Crippen LogP contribution in [0.1, 0.15) is 27.7 Å². The second kappa shape index (κ2) is 6.40. The monoisotopic (exact) mass is 216 g/mol. The molecule has 5 heteroatoms. The Morgan fingerprint density at radius 1 is 1.33 bits per heavy atom. The fourth-order valence-electron chi connectivity index (χ4n) is 0.939. The van der Waals surface area contributed by atoms with Crippen molar-refractivity contribution in [2.24, 2.45) is 11.7 Å². The molecule has 2 unspecified atom stereocenters. The second-order valence-electron chi connectivity index (χ2n) is 3.75. The lowest BCUT2D eigenvalue weighted by Crippen LogP contribution is -2.49. The van der Waals surface area contributed by atoms with Crippen LogP contribution in [0.2, 0.25) is 0 Å². The van der Waals surface area contributed by atoms with Gasteiger partial charge in [0.2, 0.25) is 5.91 Å². The highest BCUT2D eigenvalue weighted by molar-refractivity contribution is 5.87. The molecule has 0 heterocycles. The fourth-order valence-corrected chi connectivity index (χ4v) is 0.939. The summed E-state index contributed by atoms with van der Waals surface area (Å²) in [4.78, 5) is 22.7. The molecule has 1 amide bonds. The fraction of sp³-hybridized carbons (Fsp3) is 0.800. The third-order valence-corrected chi connectivity index (χ3v) is 2.02. The number of amides is 1. The topological polar surface area (TPSA) is 81.4 Å². The van der Waals surface area contributed by atoms with Gasteiger partial charge in [0.05, 0.1) is 12.6 Å². The van der Waals surface area contributed by atoms with E-state index >= 15 is 0 Å². The average Bonchev–Trinajstić information content (AvgIpc) is 2.16. The van der Waals surface area contributed by atoms with Crippen LogP contribution >= 0.6 is 0 Å². The van der Waals surface area contributed by atoms with Crippen LogP contribution in [0.15, 0.2) is 0 Å². The van der Waals surface area contributed by atoms with Crippen LogP contribution in [0.25, 0.3) is 0 Å². The molecule has 0 aromatic rings. The Hall–Kier alpha value is -1.10. The molecule has 0 radical (unpaired) electrons. The number of nitrogens with one attached hydrogen (secondary N) is 1. The van der Waals surface area contributed by atoms with Gasteiger partial charge >= 0.3 is 5.97 Å². The molecule has 0 rings (SSSR count). The van der Waals surface area contributed by atoms with Gasteiger partial charge in [-0.1, -0.05) is 13.8 Å². The molecular weight excluding hydrogens is 196 g/mol. The maximum atomic E-state index is 11.5. The maximum Gasteiger partial charge on any atom is 0.328 e. The van der Waals surface area contributed by atoms with Crippen molar-refractivity contribution in [2.45, 2.75) is 39.8 Å². The van der Waals surface area contributed by atoms with Crippen molar-refractivity contribution in [2.75, 3.05) is 6.61 Å². The lowest BCUT2D eigenvalue weighted by molar-refractivity contribution is -0.147. The van der Waals surface area contributed by atoms with Crippen LogP contribution in [0.3, 0.4) is 0 Å². The van der Waals surface area contributed by atoms with Crippen molar-refractivity contribution < 1.29 is 14.3 Å². The van der Waals surface area contributed by atoms with Crippen LogP contribution in [0, 0.1) is 5.92 Å². The van der Waals surface area contributed by atoms with Gasteiger partial charge in [-0.15, -0.1) is 0 Å². The van der Waals surface area contributed by atoms with Crippen LogP contribution in [-0.2, 0) is 14.3 Å². The molecule has 0 fully saturated rings. The Kier molecular flexibility index (Phi) is 5.93. The molecule has 2 atom stereocenters. The largest absolute Gasteiger partial charge is 0.464 e. The molecule has 0 aromatic carbocycles. The van der Waals surface area contributed by atoms with Gasteiger partial charge in [0, 0.05) is 0 Å². The predicted molar refractivity (Wildman–Crippen MR) is 57.1 cm³/mol. The van der Waals surface area contributed by atoms with E-state index in [4.69, 9.17) is 10.5 Å². The van der Waals surface area contributed by atoms with E-state index in [1.54, 1.807) is 13.8 Å². The summed E-state index contributed by atoms with van der Waals surface area (Å²) in [6, 6.07) is -1.25. The number of ether oxygens (including phenoxy) is 1. The van der Waals surface area contributed by atoms with Crippen molar-refractivity contribution in [3.63, 3.8) is 0 Å². The number of rotatable bonds is 5. The first-order valence-corrected chi connectivity index (χ1v) is 5.12. The average molecular weight is 216 g/mol. The maximum absolute atomic E-state index is 11.5. The third kappa shape index (κ3) is 4.78. The minimum atomic E-state index is -0.651. The first kappa shape index (κ1) is 13.9. The summed E-state index contributed by atoms with van der Waals surface area (Å²) in [6.45, 7) is 7.28. The van der Waals surface area contributed by atoms with Gasteiger partial charge in [0.15, 0.2) is 0 Å². The second-order valence-corrected chi connectivity index (χ2v) is 3.75. The van der Waals surface area contributed by atoms with Crippen molar-refractivity contribution in [3.8, 4) is 0 Å². The highest BCUT2D eigenvalue weighted by Crippen LogP contribution is 1.99. The highest BCUT2D eigenvalue weighted by atomic mass is 16.5. The molecule has 88 valence electrons. The molecule has 0 saturated heterocycles. The molecule has 0 aliphatic carbocycles. The molecule has 3 N–H and O–H groups in total. The van der Waals surface area contributed by atoms with Crippen LogP contribution < -0.4 is 11.1 Å². The molecule has 15 heavy (non-hydrogen) atoms. The molecule has 0 aromatic heterocycles. The Balaban J connectivity index is 4.12. The Bertz CT molecular complexity index is 229. The summed E-state index contributed by atoms with van der Waals surface area (Å²) in [5.41, 5.74) is 5.62. The van der Waals surface area contributed by atoms with E-state index < -0.39 is 18.1 Å². The predicted octanol–water partition coefficient (Wildman–Crippen LogP) is 0.0375. The van der Waals surface area contributed by atoms with Gasteiger partial charge in [-0.25, -0.2) is 4.79 Å². The van der Waals surface area contributed by atoms with E-state index in [0.29, 0.717) is 6.61 Å². The normalized spacial score (nSPS) is 14.5. The van der Waals surface area contributed by atoms with E-state index in [-0.39, 0.29) is 11.8 Å². The van der Waals surface area contributed by atoms with Gasteiger partial charge < -0.3 is 15.8 Å². The summed E-state index contributed by atoms with van der Waals surface area (Å²) in [7, 11) is 0. The smallest absolute Gasteiger partial charge is 0.328 e. The molecule has 0 saturated carbocycles. The highest BCUT2D eigenvalue weighted by Gasteiger charge is 2.22. The molecule has 0 spiro atoms. The number of hydrogen-bond acceptors (Lipinski definition) is 4. The SMILES string of the molecule is CCOC(=O)C(C)NC(=O)C(N)C(C)C. The summed E-state index contributed by atoms with van der Waals surface area (Å²) in [5, 5.41) is 2.51. The molecule has 0 aliphatic heterocycles. The van der Waals surface area contributed by atoms with Crippen molar-refractivity contribution in [1.82, 2.24) is 5.32 Å². The van der Waals surface area contributed by atoms with Crippen molar-refractivity contribution in [1.29, 1.82) is 0 Å². The van der Waals surface area contributed by atoms with Gasteiger partial charge in [-0.05, 0) is 19.8 Å². The molecule has 0 aliphatic rings. The van der Waals surface area contributed by atoms with Gasteiger partial charge in [-0.3, -0.25) is 4.79 Å². The zero-order valence-electron chi connectivity index (χ0n) is 9.74. The molecular formula is C10H20N2O3. The van der Waals surface area contributed by atoms with E-state index in [1.165, 1.54) is 0 Å². The minimum absolute atomic E-state index is 0.0411. The summed E-state index contributed by atoms with van der Waals surface area (Å²) in [5.74, 6) is -0.730. The van der Waals surface area contributed by atoms with E-state index in [2.05, 4.69) is 5.32 Å². The first-order chi connectivity index (χ1) is 6.90. The number of esters is 1. The van der Waals surface area contributed by atoms with Crippen LogP contribution in [0.5, 0.6) is 0 Å². The Morgan fingerprint density at radius 3 is 2.27 bits per heavy atom. The minimum Gasteiger partial charge on any atom is -0.464 e. The first-order valence-electron chi connectivity index (χ1n) is 5.12. The van der Waals surface area contributed by atoms with Crippen molar-refractivity contribution >= 4 is 11.9 Å². The molecule has 5 nitrogen and oxygen atoms in total. The number of carbonyl (C=O) groups is 2. The Morgan fingerprint density at radius 2 is 1.87 bits per heavy atom. The van der Waals surface area contributed by atoms with Crippen LogP contribution in [0.4, 0.5) is 0 Å². The standard InChI is InChI=1S/C10H20N2O3/c1-5-15-10(14)7(4)12-9(13)8(11)6(2)3/h6-8H,5,11H2,1-4H3,(H,12,13). The lowest BCUT2D eigenvalue weighted by Gasteiger charge is -2.18. The van der Waals surface area contributed by atoms with Gasteiger partial charge in [0.25, 0.3) is 0 Å². The zero-order valence-corrected chi connectivity index (χ0v) is 9.74. The summed E-state index contributed by atoms with van der Waals surface area (Å²) < 4.78 is 4.75. The van der Waals surface area contributed by atoms with Gasteiger partial charge in [-0.2, -0.15) is 0 Å². The summed E-state index contributed by atoms with van der Waals surface area (Å²) >= 11 is 0. The third-order valence-electron chi connectivity index (χ3n) is 2.02. The van der Waals surface area contributed by atoms with Crippen LogP contribution in [-0.4, -0.2) is 30.6 Å². The summed E-state index contributed by atoms with van der Waals surface area (Å²) in [6.07, 6.45) is 0. The Labute approximate surface area is 90.4 Å². The number of carbonyl (C=O) groups excluding carboxylic acids is 2. The van der Waals surface area contributed by atoms with Crippen molar-refractivity contribution in [3.05, 3.63) is 0 Å². The van der Waals surface area contributed by atoms with E-state index in [9.17, 15) is 9.59 Å². The lowest BCUT2D eigenvalue weighted by atomic mass is 10.0. The number of hydrogen-bond donors (Lipinski definition) is 2. The van der Waals surface area contributed by atoms with Gasteiger partial charge in [0.1, 0.15) is 6.04 Å². The molecule has 0 bridgehead atoms. The zero-order chi connectivity index (χ0) is 12.0. The quantitative estimate of drug-likeness (QED) is 0.636. The number of nitrogens with two attached hydrogens (primary N) is 1. The van der Waals surface area contributed by atoms with E-state index in [1.807, 2.05) is 13.8 Å².